The number of primary amides is 1. The summed E-state index contributed by atoms with van der Waals surface area (Å²) in [5.74, 6) is -1.61. The zero-order chi connectivity index (χ0) is 22.9. The topological polar surface area (TPSA) is 115 Å². The first-order valence-electron chi connectivity index (χ1n) is 8.60. The Balaban J connectivity index is 1.99. The molecule has 0 spiro atoms. The molecule has 1 aromatic heterocycles. The third-order valence-electron chi connectivity index (χ3n) is 4.43. The summed E-state index contributed by atoms with van der Waals surface area (Å²) in [5, 5.41) is 3.62. The van der Waals surface area contributed by atoms with E-state index in [1.165, 1.54) is 42.6 Å². The van der Waals surface area contributed by atoms with E-state index in [2.05, 4.69) is 5.10 Å². The summed E-state index contributed by atoms with van der Waals surface area (Å²) in [6.07, 6.45) is 1.18. The predicted molar refractivity (Wildman–Crippen MR) is 113 cm³/mol. The van der Waals surface area contributed by atoms with E-state index in [0.29, 0.717) is 0 Å². The van der Waals surface area contributed by atoms with Crippen LogP contribution in [0, 0.1) is 5.82 Å². The average molecular weight is 485 g/mol. The predicted octanol–water partition coefficient (Wildman–Crippen LogP) is 2.53. The Morgan fingerprint density at radius 1 is 1.19 bits per heavy atom. The SMILES string of the molecule is CN(C(C(N)=O)c1cccc(F)c1)S(=O)(=O)c1ccc(-n2ncc(Cl)c(Cl)c2=O)cc1. The van der Waals surface area contributed by atoms with Crippen LogP contribution in [0.4, 0.5) is 4.39 Å². The lowest BCUT2D eigenvalue weighted by Crippen LogP contribution is -2.39. The highest BCUT2D eigenvalue weighted by Gasteiger charge is 2.33. The number of sulfonamides is 1. The fourth-order valence-electron chi connectivity index (χ4n) is 2.89. The number of carbonyl (C=O) groups is 1. The Kier molecular flexibility index (Phi) is 6.46. The zero-order valence-electron chi connectivity index (χ0n) is 15.9. The summed E-state index contributed by atoms with van der Waals surface area (Å²) in [6, 6.07) is 8.62. The molecule has 0 saturated carbocycles. The third-order valence-corrected chi connectivity index (χ3v) is 7.02. The van der Waals surface area contributed by atoms with Crippen molar-refractivity contribution < 1.29 is 17.6 Å². The van der Waals surface area contributed by atoms with E-state index in [1.807, 2.05) is 0 Å². The van der Waals surface area contributed by atoms with Gasteiger partial charge in [0.1, 0.15) is 16.9 Å². The quantitative estimate of drug-likeness (QED) is 0.576. The zero-order valence-corrected chi connectivity index (χ0v) is 18.2. The van der Waals surface area contributed by atoms with Crippen LogP contribution in [-0.4, -0.2) is 35.5 Å². The van der Waals surface area contributed by atoms with Crippen molar-refractivity contribution in [3.8, 4) is 5.69 Å². The first kappa shape index (κ1) is 22.9. The molecule has 0 saturated heterocycles. The van der Waals surface area contributed by atoms with Gasteiger partial charge in [-0.15, -0.1) is 0 Å². The summed E-state index contributed by atoms with van der Waals surface area (Å²) in [5.41, 5.74) is 5.04. The molecule has 3 aromatic rings. The minimum absolute atomic E-state index is 0.0152. The number of halogens is 3. The maximum Gasteiger partial charge on any atom is 0.291 e. The van der Waals surface area contributed by atoms with Gasteiger partial charge in [-0.1, -0.05) is 35.3 Å². The van der Waals surface area contributed by atoms with Crippen molar-refractivity contribution in [3.63, 3.8) is 0 Å². The molecule has 1 amide bonds. The molecular formula is C19H15Cl2FN4O4S. The lowest BCUT2D eigenvalue weighted by Gasteiger charge is -2.25. The van der Waals surface area contributed by atoms with Gasteiger partial charge in [-0.05, 0) is 42.0 Å². The van der Waals surface area contributed by atoms with Crippen LogP contribution in [0.5, 0.6) is 0 Å². The van der Waals surface area contributed by atoms with Crippen molar-refractivity contribution in [2.75, 3.05) is 7.05 Å². The van der Waals surface area contributed by atoms with Crippen LogP contribution in [0.25, 0.3) is 5.69 Å². The van der Waals surface area contributed by atoms with Crippen LogP contribution in [0.3, 0.4) is 0 Å². The molecule has 0 fully saturated rings. The lowest BCUT2D eigenvalue weighted by molar-refractivity contribution is -0.121. The molecular weight excluding hydrogens is 470 g/mol. The lowest BCUT2D eigenvalue weighted by atomic mass is 10.1. The van der Waals surface area contributed by atoms with E-state index >= 15 is 0 Å². The van der Waals surface area contributed by atoms with Crippen molar-refractivity contribution in [2.24, 2.45) is 5.73 Å². The minimum atomic E-state index is -4.21. The van der Waals surface area contributed by atoms with Crippen molar-refractivity contribution in [1.29, 1.82) is 0 Å². The van der Waals surface area contributed by atoms with E-state index in [-0.39, 0.29) is 26.2 Å². The Morgan fingerprint density at radius 2 is 1.84 bits per heavy atom. The summed E-state index contributed by atoms with van der Waals surface area (Å²) in [6.45, 7) is 0. The number of hydrogen-bond donors (Lipinski definition) is 1. The Labute approximate surface area is 186 Å². The average Bonchev–Trinajstić information content (AvgIpc) is 2.72. The van der Waals surface area contributed by atoms with Gasteiger partial charge < -0.3 is 5.73 Å². The molecule has 0 aliphatic carbocycles. The summed E-state index contributed by atoms with van der Waals surface area (Å²) < 4.78 is 41.4. The fraction of sp³-hybridized carbons (Fsp3) is 0.105. The maximum absolute atomic E-state index is 13.6. The van der Waals surface area contributed by atoms with Crippen LogP contribution >= 0.6 is 23.2 Å². The Hall–Kier alpha value is -2.79. The number of rotatable bonds is 6. The standard InChI is InChI=1S/C19H15Cl2FN4O4S/c1-25(17(18(23)27)11-3-2-4-12(22)9-11)31(29,30)14-7-5-13(6-8-14)26-19(28)16(21)15(20)10-24-26/h2-10,17H,1H3,(H2,23,27). The van der Waals surface area contributed by atoms with Gasteiger partial charge in [0.2, 0.25) is 15.9 Å². The number of hydrogen-bond acceptors (Lipinski definition) is 5. The van der Waals surface area contributed by atoms with Crippen LogP contribution in [0.2, 0.25) is 10.0 Å². The van der Waals surface area contributed by atoms with Crippen LogP contribution in [-0.2, 0) is 14.8 Å². The second-order valence-electron chi connectivity index (χ2n) is 6.40. The summed E-state index contributed by atoms with van der Waals surface area (Å²) in [7, 11) is -3.05. The summed E-state index contributed by atoms with van der Waals surface area (Å²) in [4.78, 5) is 24.0. The van der Waals surface area contributed by atoms with Gasteiger partial charge in [0, 0.05) is 7.05 Å². The Morgan fingerprint density at radius 3 is 2.42 bits per heavy atom. The molecule has 31 heavy (non-hydrogen) atoms. The smallest absolute Gasteiger partial charge is 0.291 e. The van der Waals surface area contributed by atoms with Crippen molar-refractivity contribution in [1.82, 2.24) is 14.1 Å². The van der Waals surface area contributed by atoms with Crippen molar-refractivity contribution in [3.05, 3.63) is 86.5 Å². The highest BCUT2D eigenvalue weighted by Crippen LogP contribution is 2.27. The molecule has 8 nitrogen and oxygen atoms in total. The number of amides is 1. The molecule has 0 aliphatic rings. The normalized spacial score (nSPS) is 12.7. The molecule has 1 heterocycles. The number of nitrogens with zero attached hydrogens (tertiary/aromatic N) is 3. The first-order chi connectivity index (χ1) is 14.5. The van der Waals surface area contributed by atoms with Gasteiger partial charge in [-0.3, -0.25) is 9.59 Å². The van der Waals surface area contributed by atoms with Gasteiger partial charge in [0.05, 0.1) is 21.8 Å². The number of benzene rings is 2. The number of likely N-dealkylation sites (N-methyl/N-ethyl adjacent to an activating group) is 1. The number of carbonyl (C=O) groups excluding carboxylic acids is 1. The van der Waals surface area contributed by atoms with E-state index in [1.54, 1.807) is 0 Å². The molecule has 12 heteroatoms. The Bertz CT molecular complexity index is 1310. The molecule has 0 aliphatic heterocycles. The number of aromatic nitrogens is 2. The van der Waals surface area contributed by atoms with E-state index in [4.69, 9.17) is 28.9 Å². The molecule has 0 bridgehead atoms. The highest BCUT2D eigenvalue weighted by molar-refractivity contribution is 7.89. The monoisotopic (exact) mass is 484 g/mol. The molecule has 1 atom stereocenters. The minimum Gasteiger partial charge on any atom is -0.368 e. The second-order valence-corrected chi connectivity index (χ2v) is 9.18. The van der Waals surface area contributed by atoms with Crippen LogP contribution in [0.15, 0.2) is 64.4 Å². The molecule has 2 aromatic carbocycles. The van der Waals surface area contributed by atoms with Crippen molar-refractivity contribution in [2.45, 2.75) is 10.9 Å². The molecule has 3 rings (SSSR count). The third kappa shape index (κ3) is 4.47. The van der Waals surface area contributed by atoms with Crippen LogP contribution < -0.4 is 11.3 Å². The number of nitrogens with two attached hydrogens (primary N) is 1. The van der Waals surface area contributed by atoms with Gasteiger partial charge in [-0.2, -0.15) is 14.1 Å². The second kappa shape index (κ2) is 8.75. The molecule has 2 N–H and O–H groups in total. The first-order valence-corrected chi connectivity index (χ1v) is 10.8. The van der Waals surface area contributed by atoms with Crippen molar-refractivity contribution >= 4 is 39.1 Å². The van der Waals surface area contributed by atoms with Gasteiger partial charge >= 0.3 is 0 Å². The highest BCUT2D eigenvalue weighted by atomic mass is 35.5. The summed E-state index contributed by atoms with van der Waals surface area (Å²) >= 11 is 11.6. The van der Waals surface area contributed by atoms with Gasteiger partial charge in [-0.25, -0.2) is 12.8 Å². The molecule has 162 valence electrons. The van der Waals surface area contributed by atoms with Gasteiger partial charge in [0.15, 0.2) is 0 Å². The fourth-order valence-corrected chi connectivity index (χ4v) is 4.46. The van der Waals surface area contributed by atoms with E-state index in [0.717, 1.165) is 28.2 Å². The molecule has 1 unspecified atom stereocenters. The van der Waals surface area contributed by atoms with Gasteiger partial charge in [0.25, 0.3) is 5.56 Å². The molecule has 0 radical (unpaired) electrons. The van der Waals surface area contributed by atoms with E-state index in [9.17, 15) is 22.4 Å². The largest absolute Gasteiger partial charge is 0.368 e. The van der Waals surface area contributed by atoms with Crippen LogP contribution in [0.1, 0.15) is 11.6 Å². The van der Waals surface area contributed by atoms with E-state index < -0.39 is 33.3 Å². The maximum atomic E-state index is 13.6.